The third kappa shape index (κ3) is 6.98. The van der Waals surface area contributed by atoms with Gasteiger partial charge in [-0.15, -0.1) is 0 Å². The van der Waals surface area contributed by atoms with Crippen molar-refractivity contribution in [2.75, 3.05) is 19.0 Å². The van der Waals surface area contributed by atoms with Crippen molar-refractivity contribution in [1.29, 1.82) is 0 Å². The average Bonchev–Trinajstić information content (AvgIpc) is 2.24. The van der Waals surface area contributed by atoms with Gasteiger partial charge in [-0.05, 0) is 0 Å². The standard InChI is InChI=1S/C9H17NO4SSe/c1-4-13-8(11)7(6-15-16-3)10-9(12)14-5-2/h7H,4-6H2,1-3H3,(H,10,12)/t7-/m0/s1. The van der Waals surface area contributed by atoms with Gasteiger partial charge in [0.15, 0.2) is 0 Å². The number of hydrogen-bond donors (Lipinski definition) is 1. The van der Waals surface area contributed by atoms with Crippen LogP contribution in [0, 0.1) is 0 Å². The Morgan fingerprint density at radius 3 is 2.44 bits per heavy atom. The minimum absolute atomic E-state index is 0.284. The van der Waals surface area contributed by atoms with E-state index in [2.05, 4.69) is 5.32 Å². The molecule has 5 nitrogen and oxygen atoms in total. The monoisotopic (exact) mass is 315 g/mol. The van der Waals surface area contributed by atoms with Gasteiger partial charge >= 0.3 is 105 Å². The SMILES string of the molecule is CCOC(=O)N[C@@H](CS[Se]C)C(=O)OCC. The van der Waals surface area contributed by atoms with Crippen LogP contribution in [0.15, 0.2) is 0 Å². The third-order valence-corrected chi connectivity index (χ3v) is 4.54. The van der Waals surface area contributed by atoms with Crippen molar-refractivity contribution >= 4 is 36.1 Å². The normalized spacial score (nSPS) is 11.7. The summed E-state index contributed by atoms with van der Waals surface area (Å²) in [5.41, 5.74) is 0. The predicted molar refractivity (Wildman–Crippen MR) is 64.7 cm³/mol. The van der Waals surface area contributed by atoms with Gasteiger partial charge in [0.1, 0.15) is 0 Å². The van der Waals surface area contributed by atoms with Gasteiger partial charge in [-0.3, -0.25) is 0 Å². The van der Waals surface area contributed by atoms with Gasteiger partial charge in [0.05, 0.1) is 0 Å². The zero-order chi connectivity index (χ0) is 12.4. The van der Waals surface area contributed by atoms with Crippen LogP contribution in [0.25, 0.3) is 0 Å². The first-order valence-corrected chi connectivity index (χ1v) is 9.63. The van der Waals surface area contributed by atoms with Crippen molar-refractivity contribution in [1.82, 2.24) is 5.32 Å². The summed E-state index contributed by atoms with van der Waals surface area (Å²) in [4.78, 5) is 22.7. The van der Waals surface area contributed by atoms with Gasteiger partial charge in [-0.1, -0.05) is 0 Å². The second-order valence-electron chi connectivity index (χ2n) is 2.62. The molecule has 1 N–H and O–H groups in total. The number of carbonyl (C=O) groups excluding carboxylic acids is 2. The molecule has 0 aliphatic carbocycles. The molecular formula is C9H17NO4SSe. The fourth-order valence-electron chi connectivity index (χ4n) is 0.863. The van der Waals surface area contributed by atoms with E-state index >= 15 is 0 Å². The van der Waals surface area contributed by atoms with Crippen LogP contribution in [0.2, 0.25) is 5.82 Å². The molecule has 0 heterocycles. The Morgan fingerprint density at radius 1 is 1.31 bits per heavy atom. The molecule has 0 aliphatic rings. The van der Waals surface area contributed by atoms with E-state index in [4.69, 9.17) is 9.47 Å². The Hall–Kier alpha value is -0.391. The maximum atomic E-state index is 11.5. The molecule has 0 aromatic heterocycles. The minimum atomic E-state index is -0.620. The maximum absolute atomic E-state index is 11.5. The number of carbonyl (C=O) groups is 2. The summed E-state index contributed by atoms with van der Waals surface area (Å²) in [7, 11) is 1.62. The van der Waals surface area contributed by atoms with Gasteiger partial charge in [-0.25, -0.2) is 0 Å². The van der Waals surface area contributed by atoms with E-state index in [1.807, 2.05) is 5.82 Å². The van der Waals surface area contributed by atoms with Crippen LogP contribution < -0.4 is 5.32 Å². The van der Waals surface area contributed by atoms with Crippen molar-refractivity contribution in [2.45, 2.75) is 25.7 Å². The average molecular weight is 314 g/mol. The van der Waals surface area contributed by atoms with Gasteiger partial charge in [0.25, 0.3) is 0 Å². The number of hydrogen-bond acceptors (Lipinski definition) is 5. The number of amides is 1. The van der Waals surface area contributed by atoms with Crippen molar-refractivity contribution in [3.63, 3.8) is 0 Å². The van der Waals surface area contributed by atoms with Crippen LogP contribution in [0.4, 0.5) is 4.79 Å². The molecule has 0 aromatic rings. The molecule has 94 valence electrons. The first-order chi connectivity index (χ1) is 7.65. The second kappa shape index (κ2) is 9.81. The van der Waals surface area contributed by atoms with E-state index in [0.29, 0.717) is 26.2 Å². The Labute approximate surface area is 105 Å². The van der Waals surface area contributed by atoms with Crippen LogP contribution >= 0.6 is 10.2 Å². The number of rotatable bonds is 7. The zero-order valence-electron chi connectivity index (χ0n) is 9.65. The third-order valence-electron chi connectivity index (χ3n) is 1.49. The molecule has 0 spiro atoms. The molecule has 0 radical (unpaired) electrons. The quantitative estimate of drug-likeness (QED) is 0.562. The van der Waals surface area contributed by atoms with Crippen LogP contribution in [-0.4, -0.2) is 50.9 Å². The van der Waals surface area contributed by atoms with Crippen molar-refractivity contribution in [3.05, 3.63) is 0 Å². The van der Waals surface area contributed by atoms with Gasteiger partial charge in [0.2, 0.25) is 0 Å². The van der Waals surface area contributed by atoms with Crippen molar-refractivity contribution in [3.8, 4) is 0 Å². The van der Waals surface area contributed by atoms with E-state index in [9.17, 15) is 9.59 Å². The zero-order valence-corrected chi connectivity index (χ0v) is 12.2. The van der Waals surface area contributed by atoms with E-state index in [1.165, 1.54) is 0 Å². The first kappa shape index (κ1) is 15.6. The van der Waals surface area contributed by atoms with Gasteiger partial charge in [0, 0.05) is 0 Å². The first-order valence-electron chi connectivity index (χ1n) is 4.91. The molecule has 0 aromatic carbocycles. The number of nitrogens with one attached hydrogen (secondary N) is 1. The number of esters is 1. The Bertz CT molecular complexity index is 228. The predicted octanol–water partition coefficient (Wildman–Crippen LogP) is 1.06. The van der Waals surface area contributed by atoms with Crippen LogP contribution in [0.5, 0.6) is 0 Å². The summed E-state index contributed by atoms with van der Waals surface area (Å²) in [5.74, 6) is 2.16. The summed E-state index contributed by atoms with van der Waals surface area (Å²) < 4.78 is 9.58. The molecule has 0 bridgehead atoms. The van der Waals surface area contributed by atoms with Crippen LogP contribution in [-0.2, 0) is 14.3 Å². The summed E-state index contributed by atoms with van der Waals surface area (Å²) >= 11 is 0.390. The van der Waals surface area contributed by atoms with Crippen LogP contribution in [0.3, 0.4) is 0 Å². The molecule has 0 saturated carbocycles. The van der Waals surface area contributed by atoms with Crippen molar-refractivity contribution in [2.24, 2.45) is 0 Å². The number of ether oxygens (including phenoxy) is 2. The van der Waals surface area contributed by atoms with Crippen LogP contribution in [0.1, 0.15) is 13.8 Å². The van der Waals surface area contributed by atoms with Gasteiger partial charge < -0.3 is 0 Å². The summed E-state index contributed by atoms with van der Waals surface area (Å²) in [6.45, 7) is 4.03. The molecule has 7 heteroatoms. The Balaban J connectivity index is 4.18. The molecule has 1 atom stereocenters. The number of alkyl carbamates (subject to hydrolysis) is 1. The fourth-order valence-corrected chi connectivity index (χ4v) is 3.07. The molecule has 1 amide bonds. The Kier molecular flexibility index (Phi) is 9.57. The molecule has 0 unspecified atom stereocenters. The molecule has 0 saturated heterocycles. The topological polar surface area (TPSA) is 64.6 Å². The molecule has 0 fully saturated rings. The fraction of sp³-hybridized carbons (Fsp3) is 0.778. The summed E-state index contributed by atoms with van der Waals surface area (Å²) in [5, 5.41) is 2.49. The molecular weight excluding hydrogens is 297 g/mol. The van der Waals surface area contributed by atoms with Crippen molar-refractivity contribution < 1.29 is 19.1 Å². The van der Waals surface area contributed by atoms with Gasteiger partial charge in [-0.2, -0.15) is 0 Å². The van der Waals surface area contributed by atoms with E-state index < -0.39 is 18.1 Å². The van der Waals surface area contributed by atoms with E-state index in [-0.39, 0.29) is 6.61 Å². The van der Waals surface area contributed by atoms with E-state index in [0.717, 1.165) is 0 Å². The summed E-state index contributed by atoms with van der Waals surface area (Å²) in [6, 6.07) is -0.620. The molecule has 0 aliphatic heterocycles. The molecule has 16 heavy (non-hydrogen) atoms. The second-order valence-corrected chi connectivity index (χ2v) is 7.10. The summed E-state index contributed by atoms with van der Waals surface area (Å²) in [6.07, 6.45) is -0.579. The molecule has 0 rings (SSSR count). The van der Waals surface area contributed by atoms with E-state index in [1.54, 1.807) is 24.0 Å². The Morgan fingerprint density at radius 2 is 1.94 bits per heavy atom.